The zero-order valence-corrected chi connectivity index (χ0v) is 16.9. The van der Waals surface area contributed by atoms with Gasteiger partial charge in [0.05, 0.1) is 0 Å². The number of pyridine rings is 1. The van der Waals surface area contributed by atoms with Gasteiger partial charge in [-0.05, 0) is 61.4 Å². The van der Waals surface area contributed by atoms with Crippen LogP contribution in [0.2, 0.25) is 0 Å². The van der Waals surface area contributed by atoms with E-state index in [-0.39, 0.29) is 23.6 Å². The average Bonchev–Trinajstić information content (AvgIpc) is 2.73. The van der Waals surface area contributed by atoms with Crippen LogP contribution >= 0.6 is 0 Å². The second kappa shape index (κ2) is 9.00. The van der Waals surface area contributed by atoms with Crippen molar-refractivity contribution in [3.8, 4) is 0 Å². The van der Waals surface area contributed by atoms with Crippen LogP contribution in [0, 0.1) is 0 Å². The lowest BCUT2D eigenvalue weighted by atomic mass is 9.99. The summed E-state index contributed by atoms with van der Waals surface area (Å²) in [5, 5.41) is 2.86. The van der Waals surface area contributed by atoms with Gasteiger partial charge in [0.1, 0.15) is 5.69 Å². The van der Waals surface area contributed by atoms with Gasteiger partial charge in [0.2, 0.25) is 0 Å². The molecular formula is C23H29N3O2. The predicted octanol–water partition coefficient (Wildman–Crippen LogP) is 4.86. The lowest BCUT2D eigenvalue weighted by Gasteiger charge is -2.35. The molecule has 5 nitrogen and oxygen atoms in total. The fourth-order valence-corrected chi connectivity index (χ4v) is 3.69. The van der Waals surface area contributed by atoms with E-state index in [0.29, 0.717) is 11.5 Å². The molecule has 1 unspecified atom stereocenters. The molecule has 3 rings (SSSR count). The third-order valence-corrected chi connectivity index (χ3v) is 5.43. The summed E-state index contributed by atoms with van der Waals surface area (Å²) in [6.45, 7) is 7.16. The number of carbonyl (C=O) groups excluding carboxylic acids is 2. The topological polar surface area (TPSA) is 62.3 Å². The quantitative estimate of drug-likeness (QED) is 0.807. The maximum atomic E-state index is 13.0. The number of aromatic nitrogens is 1. The largest absolute Gasteiger partial charge is 0.336 e. The number of amides is 2. The van der Waals surface area contributed by atoms with Gasteiger partial charge in [-0.1, -0.05) is 32.9 Å². The van der Waals surface area contributed by atoms with Crippen LogP contribution in [0.15, 0.2) is 42.6 Å². The van der Waals surface area contributed by atoms with Gasteiger partial charge < -0.3 is 10.2 Å². The fraction of sp³-hybridized carbons (Fsp3) is 0.435. The summed E-state index contributed by atoms with van der Waals surface area (Å²) >= 11 is 0. The first-order valence-corrected chi connectivity index (χ1v) is 10.2. The predicted molar refractivity (Wildman–Crippen MR) is 112 cm³/mol. The summed E-state index contributed by atoms with van der Waals surface area (Å²) < 4.78 is 0. The number of hydrogen-bond acceptors (Lipinski definition) is 3. The molecule has 0 spiro atoms. The number of piperidine rings is 1. The second-order valence-electron chi connectivity index (χ2n) is 7.72. The van der Waals surface area contributed by atoms with Crippen molar-refractivity contribution in [2.45, 2.75) is 58.4 Å². The average molecular weight is 380 g/mol. The van der Waals surface area contributed by atoms with E-state index in [1.807, 2.05) is 29.2 Å². The summed E-state index contributed by atoms with van der Waals surface area (Å²) in [5.41, 5.74) is 2.71. The van der Waals surface area contributed by atoms with Crippen LogP contribution in [0.1, 0.15) is 78.8 Å². The van der Waals surface area contributed by atoms with Crippen molar-refractivity contribution in [2.24, 2.45) is 0 Å². The van der Waals surface area contributed by atoms with Crippen molar-refractivity contribution in [3.05, 3.63) is 59.4 Å². The normalized spacial score (nSPS) is 16.9. The molecule has 2 heterocycles. The number of likely N-dealkylation sites (tertiary alicyclic amines) is 1. The molecule has 0 aliphatic carbocycles. The minimum absolute atomic E-state index is 0.00992. The zero-order chi connectivity index (χ0) is 20.1. The zero-order valence-electron chi connectivity index (χ0n) is 16.9. The van der Waals surface area contributed by atoms with Gasteiger partial charge in [-0.3, -0.25) is 14.6 Å². The van der Waals surface area contributed by atoms with E-state index >= 15 is 0 Å². The molecule has 0 saturated carbocycles. The van der Waals surface area contributed by atoms with Crippen molar-refractivity contribution in [1.82, 2.24) is 9.88 Å². The maximum Gasteiger partial charge on any atom is 0.274 e. The first-order chi connectivity index (χ1) is 13.5. The molecule has 1 N–H and O–H groups in total. The second-order valence-corrected chi connectivity index (χ2v) is 7.72. The van der Waals surface area contributed by atoms with Gasteiger partial charge in [0.25, 0.3) is 11.8 Å². The van der Waals surface area contributed by atoms with Crippen LogP contribution in [-0.4, -0.2) is 34.3 Å². The van der Waals surface area contributed by atoms with Crippen LogP contribution in [0.3, 0.4) is 0 Å². The molecule has 0 radical (unpaired) electrons. The van der Waals surface area contributed by atoms with E-state index in [1.54, 1.807) is 12.1 Å². The van der Waals surface area contributed by atoms with Crippen molar-refractivity contribution >= 4 is 17.5 Å². The van der Waals surface area contributed by atoms with Gasteiger partial charge in [0, 0.05) is 30.0 Å². The Morgan fingerprint density at radius 1 is 1.18 bits per heavy atom. The summed E-state index contributed by atoms with van der Waals surface area (Å²) in [5.74, 6) is 0.123. The third kappa shape index (κ3) is 4.58. The minimum atomic E-state index is -0.308. The Hall–Kier alpha value is -2.69. The maximum absolute atomic E-state index is 13.0. The summed E-state index contributed by atoms with van der Waals surface area (Å²) in [4.78, 5) is 31.7. The number of hydrogen-bond donors (Lipinski definition) is 1. The van der Waals surface area contributed by atoms with Crippen LogP contribution < -0.4 is 5.32 Å². The van der Waals surface area contributed by atoms with E-state index in [4.69, 9.17) is 0 Å². The van der Waals surface area contributed by atoms with Crippen LogP contribution in [-0.2, 0) is 0 Å². The first-order valence-electron chi connectivity index (χ1n) is 10.2. The third-order valence-electron chi connectivity index (χ3n) is 5.43. The number of carbonyl (C=O) groups is 2. The summed E-state index contributed by atoms with van der Waals surface area (Å²) in [7, 11) is 0. The lowest BCUT2D eigenvalue weighted by Crippen LogP contribution is -2.43. The number of benzene rings is 1. The molecule has 5 heteroatoms. The van der Waals surface area contributed by atoms with E-state index < -0.39 is 0 Å². The summed E-state index contributed by atoms with van der Waals surface area (Å²) in [6, 6.07) is 11.4. The van der Waals surface area contributed by atoms with Crippen molar-refractivity contribution in [1.29, 1.82) is 0 Å². The van der Waals surface area contributed by atoms with Gasteiger partial charge in [-0.2, -0.15) is 0 Å². The smallest absolute Gasteiger partial charge is 0.274 e. The molecule has 0 bridgehead atoms. The van der Waals surface area contributed by atoms with Gasteiger partial charge in [-0.15, -0.1) is 0 Å². The monoisotopic (exact) mass is 379 g/mol. The molecular weight excluding hydrogens is 350 g/mol. The molecule has 1 aliphatic rings. The highest BCUT2D eigenvalue weighted by Crippen LogP contribution is 2.22. The Bertz CT molecular complexity index is 830. The number of nitrogens with zero attached hydrogens (tertiary/aromatic N) is 2. The van der Waals surface area contributed by atoms with Crippen molar-refractivity contribution in [2.75, 3.05) is 11.9 Å². The highest BCUT2D eigenvalue weighted by atomic mass is 16.2. The minimum Gasteiger partial charge on any atom is -0.336 e. The van der Waals surface area contributed by atoms with E-state index in [0.717, 1.165) is 31.5 Å². The molecule has 148 valence electrons. The van der Waals surface area contributed by atoms with Crippen LogP contribution in [0.5, 0.6) is 0 Å². The van der Waals surface area contributed by atoms with E-state index in [1.165, 1.54) is 18.2 Å². The van der Waals surface area contributed by atoms with Gasteiger partial charge >= 0.3 is 0 Å². The van der Waals surface area contributed by atoms with E-state index in [9.17, 15) is 9.59 Å². The Kier molecular flexibility index (Phi) is 6.45. The van der Waals surface area contributed by atoms with Crippen molar-refractivity contribution in [3.63, 3.8) is 0 Å². The molecule has 1 aromatic carbocycles. The number of anilines is 1. The highest BCUT2D eigenvalue weighted by molar-refractivity contribution is 6.04. The summed E-state index contributed by atoms with van der Waals surface area (Å²) in [6.07, 6.45) is 5.74. The molecule has 2 aromatic rings. The molecule has 1 aromatic heterocycles. The van der Waals surface area contributed by atoms with E-state index in [2.05, 4.69) is 31.1 Å². The van der Waals surface area contributed by atoms with Gasteiger partial charge in [-0.25, -0.2) is 0 Å². The Morgan fingerprint density at radius 2 is 1.93 bits per heavy atom. The first kappa shape index (κ1) is 20.1. The highest BCUT2D eigenvalue weighted by Gasteiger charge is 2.26. The molecule has 1 atom stereocenters. The molecule has 2 amide bonds. The Balaban J connectivity index is 1.73. The molecule has 28 heavy (non-hydrogen) atoms. The Morgan fingerprint density at radius 3 is 2.61 bits per heavy atom. The standard InChI is InChI=1S/C23H29N3O2/c1-4-20-7-5-6-14-26(20)23(28)18-12-13-24-21(15-18)22(27)25-19-10-8-17(9-11-19)16(2)3/h8-13,15-16,20H,4-7,14H2,1-3H3,(H,25,27). The Labute approximate surface area is 167 Å². The molecule has 1 fully saturated rings. The van der Waals surface area contributed by atoms with Crippen molar-refractivity contribution < 1.29 is 9.59 Å². The fourth-order valence-electron chi connectivity index (χ4n) is 3.69. The molecule has 1 saturated heterocycles. The number of rotatable bonds is 5. The van der Waals surface area contributed by atoms with Gasteiger partial charge in [0.15, 0.2) is 0 Å². The number of nitrogens with one attached hydrogen (secondary N) is 1. The molecule has 1 aliphatic heterocycles. The van der Waals surface area contributed by atoms with Crippen LogP contribution in [0.25, 0.3) is 0 Å². The SMILES string of the molecule is CCC1CCCCN1C(=O)c1ccnc(C(=O)Nc2ccc(C(C)C)cc2)c1. The van der Waals surface area contributed by atoms with Crippen LogP contribution in [0.4, 0.5) is 5.69 Å². The lowest BCUT2D eigenvalue weighted by molar-refractivity contribution is 0.0608.